The van der Waals surface area contributed by atoms with Crippen LogP contribution < -0.4 is 9.47 Å². The number of hydrogen-bond acceptors (Lipinski definition) is 8. The van der Waals surface area contributed by atoms with Gasteiger partial charge < -0.3 is 19.7 Å². The van der Waals surface area contributed by atoms with E-state index in [4.69, 9.17) is 14.7 Å². The molecule has 36 heavy (non-hydrogen) atoms. The number of nitrogens with zero attached hydrogens (tertiary/aromatic N) is 3. The Hall–Kier alpha value is -3.36. The van der Waals surface area contributed by atoms with E-state index >= 15 is 0 Å². The number of sulfonamides is 1. The van der Waals surface area contributed by atoms with Crippen LogP contribution in [0.25, 0.3) is 0 Å². The lowest BCUT2D eigenvalue weighted by Crippen LogP contribution is -2.48. The second kappa shape index (κ2) is 10.3. The Bertz CT molecular complexity index is 1320. The van der Waals surface area contributed by atoms with Crippen molar-refractivity contribution in [2.45, 2.75) is 36.1 Å². The molecule has 2 atom stereocenters. The van der Waals surface area contributed by atoms with Gasteiger partial charge in [0.15, 0.2) is 11.5 Å². The molecule has 0 aliphatic carbocycles. The maximum absolute atomic E-state index is 13.3. The fraction of sp³-hybridized carbons (Fsp3) is 0.391. The standard InChI is InChI=1S/C23H22F3N3O6S/c1-2-7-34-19-8-15(10-27)3-5-18(19)35-21-12-29(13-22(21,31)14-30)36(32,33)20-6-4-17(23(24,25)26)9-16(20)11-28/h3-6,8-9,21,30-31H,2,7,12-14H2,1H3/t21-,22+/m0/s1. The molecule has 1 aliphatic heterocycles. The van der Waals surface area contributed by atoms with Crippen LogP contribution in [0.3, 0.4) is 0 Å². The first-order valence-electron chi connectivity index (χ1n) is 10.7. The molecule has 192 valence electrons. The van der Waals surface area contributed by atoms with Crippen LogP contribution in [0, 0.1) is 22.7 Å². The number of rotatable bonds is 8. The van der Waals surface area contributed by atoms with E-state index in [0.717, 1.165) is 4.31 Å². The predicted molar refractivity (Wildman–Crippen MR) is 118 cm³/mol. The van der Waals surface area contributed by atoms with Gasteiger partial charge in [-0.15, -0.1) is 0 Å². The molecule has 0 aromatic heterocycles. The Kier molecular flexibility index (Phi) is 7.81. The van der Waals surface area contributed by atoms with Crippen LogP contribution in [0.4, 0.5) is 13.2 Å². The molecule has 1 fully saturated rings. The van der Waals surface area contributed by atoms with Crippen molar-refractivity contribution in [3.63, 3.8) is 0 Å². The molecule has 0 saturated carbocycles. The van der Waals surface area contributed by atoms with Gasteiger partial charge in [0.2, 0.25) is 10.0 Å². The summed E-state index contributed by atoms with van der Waals surface area (Å²) in [6.07, 6.45) is -5.45. The van der Waals surface area contributed by atoms with Gasteiger partial charge in [0.25, 0.3) is 0 Å². The van der Waals surface area contributed by atoms with Gasteiger partial charge in [0.05, 0.1) is 47.4 Å². The van der Waals surface area contributed by atoms with Gasteiger partial charge in [-0.3, -0.25) is 0 Å². The lowest BCUT2D eigenvalue weighted by atomic mass is 10.0. The molecule has 0 radical (unpaired) electrons. The molecule has 0 bridgehead atoms. The van der Waals surface area contributed by atoms with Gasteiger partial charge in [-0.25, -0.2) is 8.42 Å². The highest BCUT2D eigenvalue weighted by atomic mass is 32.2. The third-order valence-electron chi connectivity index (χ3n) is 5.54. The summed E-state index contributed by atoms with van der Waals surface area (Å²) in [6, 6.07) is 9.32. The van der Waals surface area contributed by atoms with E-state index in [1.54, 1.807) is 0 Å². The van der Waals surface area contributed by atoms with E-state index in [1.165, 1.54) is 24.3 Å². The summed E-state index contributed by atoms with van der Waals surface area (Å²) in [4.78, 5) is -0.677. The largest absolute Gasteiger partial charge is 0.490 e. The summed E-state index contributed by atoms with van der Waals surface area (Å²) in [5.41, 5.74) is -3.72. The van der Waals surface area contributed by atoms with Crippen LogP contribution in [0.2, 0.25) is 0 Å². The first kappa shape index (κ1) is 27.2. The van der Waals surface area contributed by atoms with Crippen LogP contribution >= 0.6 is 0 Å². The van der Waals surface area contributed by atoms with E-state index < -0.39 is 63.6 Å². The van der Waals surface area contributed by atoms with Crippen LogP contribution in [0.15, 0.2) is 41.3 Å². The third-order valence-corrected chi connectivity index (χ3v) is 7.41. The lowest BCUT2D eigenvalue weighted by Gasteiger charge is -2.27. The van der Waals surface area contributed by atoms with Gasteiger partial charge >= 0.3 is 6.18 Å². The summed E-state index contributed by atoms with van der Waals surface area (Å²) in [5, 5.41) is 39.2. The molecular weight excluding hydrogens is 503 g/mol. The van der Waals surface area contributed by atoms with Gasteiger partial charge in [-0.05, 0) is 36.8 Å². The molecule has 2 N–H and O–H groups in total. The topological polar surface area (TPSA) is 144 Å². The Labute approximate surface area is 205 Å². The number of benzene rings is 2. The fourth-order valence-corrected chi connectivity index (χ4v) is 5.25. The van der Waals surface area contributed by atoms with E-state index in [2.05, 4.69) is 0 Å². The summed E-state index contributed by atoms with van der Waals surface area (Å²) < 4.78 is 77.7. The quantitative estimate of drug-likeness (QED) is 0.535. The maximum atomic E-state index is 13.3. The minimum absolute atomic E-state index is 0.0887. The smallest absolute Gasteiger partial charge is 0.416 e. The summed E-state index contributed by atoms with van der Waals surface area (Å²) >= 11 is 0. The van der Waals surface area contributed by atoms with Crippen LogP contribution in [-0.2, 0) is 16.2 Å². The van der Waals surface area contributed by atoms with Crippen LogP contribution in [0.5, 0.6) is 11.5 Å². The molecular formula is C23H22F3N3O6S. The third kappa shape index (κ3) is 5.39. The van der Waals surface area contributed by atoms with Gasteiger partial charge in [0, 0.05) is 12.6 Å². The minimum Gasteiger partial charge on any atom is -0.490 e. The van der Waals surface area contributed by atoms with Gasteiger partial charge in [-0.2, -0.15) is 28.0 Å². The van der Waals surface area contributed by atoms with Gasteiger partial charge in [-0.1, -0.05) is 6.92 Å². The summed E-state index contributed by atoms with van der Waals surface area (Å²) in [5.74, 6) is 0.262. The van der Waals surface area contributed by atoms with Crippen molar-refractivity contribution < 1.29 is 41.3 Å². The zero-order valence-electron chi connectivity index (χ0n) is 19.0. The zero-order chi connectivity index (χ0) is 26.7. The Balaban J connectivity index is 1.95. The molecule has 3 rings (SSSR count). The first-order chi connectivity index (χ1) is 16.9. The SMILES string of the molecule is CCCOc1cc(C#N)ccc1O[C@H]1CN(S(=O)(=O)c2ccc(C(F)(F)F)cc2C#N)C[C@@]1(O)CO. The highest BCUT2D eigenvalue weighted by molar-refractivity contribution is 7.89. The van der Waals surface area contributed by atoms with E-state index in [0.29, 0.717) is 24.6 Å². The molecule has 13 heteroatoms. The van der Waals surface area contributed by atoms with Crippen molar-refractivity contribution in [3.8, 4) is 23.6 Å². The normalized spacial score (nSPS) is 20.5. The maximum Gasteiger partial charge on any atom is 0.416 e. The van der Waals surface area contributed by atoms with E-state index in [9.17, 15) is 37.1 Å². The number of ether oxygens (including phenoxy) is 2. The van der Waals surface area contributed by atoms with E-state index in [1.807, 2.05) is 13.0 Å². The number of aliphatic hydroxyl groups is 2. The number of β-amino-alcohol motifs (C(OH)–C–C–N with tert-alkyl or cyclic N) is 1. The highest BCUT2D eigenvalue weighted by Crippen LogP contribution is 2.37. The Morgan fingerprint density at radius 2 is 1.89 bits per heavy atom. The molecule has 2 aromatic rings. The van der Waals surface area contributed by atoms with Crippen molar-refractivity contribution in [1.29, 1.82) is 10.5 Å². The first-order valence-corrected chi connectivity index (χ1v) is 12.1. The van der Waals surface area contributed by atoms with Crippen molar-refractivity contribution in [2.75, 3.05) is 26.3 Å². The van der Waals surface area contributed by atoms with Crippen molar-refractivity contribution >= 4 is 10.0 Å². The number of alkyl halides is 3. The van der Waals surface area contributed by atoms with Crippen molar-refractivity contribution in [3.05, 3.63) is 53.1 Å². The molecule has 0 unspecified atom stereocenters. The number of hydrogen-bond donors (Lipinski definition) is 2. The fourth-order valence-electron chi connectivity index (χ4n) is 3.62. The average Bonchev–Trinajstić information content (AvgIpc) is 3.19. The molecule has 1 heterocycles. The minimum atomic E-state index is -4.78. The highest BCUT2D eigenvalue weighted by Gasteiger charge is 2.51. The van der Waals surface area contributed by atoms with Crippen molar-refractivity contribution in [2.24, 2.45) is 0 Å². The summed E-state index contributed by atoms with van der Waals surface area (Å²) in [6.45, 7) is 0.104. The van der Waals surface area contributed by atoms with Crippen LogP contribution in [-0.4, -0.2) is 60.9 Å². The predicted octanol–water partition coefficient (Wildman–Crippen LogP) is 2.41. The number of halogens is 3. The van der Waals surface area contributed by atoms with Crippen molar-refractivity contribution in [1.82, 2.24) is 4.31 Å². The molecule has 0 amide bonds. The van der Waals surface area contributed by atoms with Gasteiger partial charge in [0.1, 0.15) is 17.8 Å². The second-order valence-corrected chi connectivity index (χ2v) is 10.0. The number of aliphatic hydroxyl groups excluding tert-OH is 1. The molecule has 0 spiro atoms. The summed E-state index contributed by atoms with van der Waals surface area (Å²) in [7, 11) is -4.57. The average molecular weight is 526 g/mol. The molecule has 2 aromatic carbocycles. The molecule has 9 nitrogen and oxygen atoms in total. The molecule has 1 saturated heterocycles. The van der Waals surface area contributed by atoms with E-state index in [-0.39, 0.29) is 23.7 Å². The van der Waals surface area contributed by atoms with Crippen LogP contribution in [0.1, 0.15) is 30.0 Å². The number of nitriles is 2. The second-order valence-electron chi connectivity index (χ2n) is 8.11. The lowest BCUT2D eigenvalue weighted by molar-refractivity contribution is -0.137. The Morgan fingerprint density at radius 1 is 1.17 bits per heavy atom. The molecule has 1 aliphatic rings. The Morgan fingerprint density at radius 3 is 2.47 bits per heavy atom. The monoisotopic (exact) mass is 525 g/mol. The zero-order valence-corrected chi connectivity index (χ0v) is 19.8.